The molecule has 82 valence electrons. The van der Waals surface area contributed by atoms with Crippen molar-refractivity contribution in [1.29, 1.82) is 0 Å². The van der Waals surface area contributed by atoms with Gasteiger partial charge >= 0.3 is 0 Å². The number of hydrogen-bond acceptors (Lipinski definition) is 1. The highest BCUT2D eigenvalue weighted by Gasteiger charge is 2.04. The first-order valence-corrected chi connectivity index (χ1v) is 6.64. The molecule has 2 heteroatoms. The highest BCUT2D eigenvalue weighted by Crippen LogP contribution is 2.02. The minimum Gasteiger partial charge on any atom is -0.409 e. The van der Waals surface area contributed by atoms with Gasteiger partial charge in [-0.3, -0.25) is 0 Å². The van der Waals surface area contributed by atoms with Crippen LogP contribution in [0.4, 0.5) is 0 Å². The van der Waals surface area contributed by atoms with Crippen molar-refractivity contribution in [2.75, 3.05) is 0 Å². The van der Waals surface area contributed by atoms with Crippen LogP contribution < -0.4 is 5.19 Å². The van der Waals surface area contributed by atoms with Gasteiger partial charge < -0.3 is 4.43 Å². The van der Waals surface area contributed by atoms with Gasteiger partial charge in [0, 0.05) is 6.10 Å². The van der Waals surface area contributed by atoms with Crippen LogP contribution in [0.15, 0.2) is 24.3 Å². The highest BCUT2D eigenvalue weighted by molar-refractivity contribution is 6.47. The van der Waals surface area contributed by atoms with E-state index in [1.54, 1.807) is 0 Å². The summed E-state index contributed by atoms with van der Waals surface area (Å²) >= 11 is 0. The zero-order chi connectivity index (χ0) is 11.1. The molecular formula is C13H20OSi. The van der Waals surface area contributed by atoms with Crippen LogP contribution in [-0.4, -0.2) is 15.9 Å². The minimum absolute atomic E-state index is 0.322. The molecule has 1 nitrogen and oxygen atoms in total. The Morgan fingerprint density at radius 1 is 1.27 bits per heavy atom. The average Bonchev–Trinajstić information content (AvgIpc) is 2.24. The van der Waals surface area contributed by atoms with Crippen LogP contribution in [0.25, 0.3) is 0 Å². The van der Waals surface area contributed by atoms with Crippen molar-refractivity contribution in [2.45, 2.75) is 46.1 Å². The molecule has 0 aromatic heterocycles. The molecule has 1 aromatic rings. The second-order valence-corrected chi connectivity index (χ2v) is 5.01. The Kier molecular flexibility index (Phi) is 5.65. The smallest absolute Gasteiger partial charge is 0.269 e. The molecule has 1 aromatic carbocycles. The molecule has 0 bridgehead atoms. The summed E-state index contributed by atoms with van der Waals surface area (Å²) in [6, 6.07) is 8.63. The fraction of sp³-hybridized carbons (Fsp3) is 0.538. The van der Waals surface area contributed by atoms with Crippen molar-refractivity contribution in [2.24, 2.45) is 0 Å². The number of rotatable bonds is 6. The van der Waals surface area contributed by atoms with Crippen molar-refractivity contribution in [3.05, 3.63) is 29.8 Å². The van der Waals surface area contributed by atoms with E-state index in [-0.39, 0.29) is 0 Å². The van der Waals surface area contributed by atoms with Gasteiger partial charge in [0.05, 0.1) is 0 Å². The Morgan fingerprint density at radius 3 is 2.67 bits per heavy atom. The first kappa shape index (κ1) is 12.5. The minimum atomic E-state index is 0.322. The van der Waals surface area contributed by atoms with Crippen molar-refractivity contribution >= 4 is 14.9 Å². The third kappa shape index (κ3) is 4.63. The average molecular weight is 220 g/mol. The third-order valence-electron chi connectivity index (χ3n) is 2.22. The number of hydrogen-bond donors (Lipinski definition) is 0. The van der Waals surface area contributed by atoms with Gasteiger partial charge in [-0.1, -0.05) is 37.6 Å². The Labute approximate surface area is 95.8 Å². The van der Waals surface area contributed by atoms with E-state index >= 15 is 0 Å². The van der Waals surface area contributed by atoms with Crippen LogP contribution in [0.3, 0.4) is 0 Å². The molecule has 15 heavy (non-hydrogen) atoms. The van der Waals surface area contributed by atoms with Crippen molar-refractivity contribution in [3.8, 4) is 0 Å². The second-order valence-electron chi connectivity index (χ2n) is 4.03. The van der Waals surface area contributed by atoms with E-state index < -0.39 is 0 Å². The first-order chi connectivity index (χ1) is 7.24. The molecule has 0 spiro atoms. The monoisotopic (exact) mass is 220 g/mol. The fourth-order valence-electron chi connectivity index (χ4n) is 1.39. The maximum absolute atomic E-state index is 5.68. The Balaban J connectivity index is 2.59. The van der Waals surface area contributed by atoms with Gasteiger partial charge in [-0.15, -0.1) is 0 Å². The van der Waals surface area contributed by atoms with Crippen LogP contribution in [-0.2, 0) is 10.8 Å². The molecule has 0 N–H and O–H groups in total. The van der Waals surface area contributed by atoms with Gasteiger partial charge in [-0.05, 0) is 37.4 Å². The van der Waals surface area contributed by atoms with Crippen molar-refractivity contribution < 1.29 is 4.43 Å². The summed E-state index contributed by atoms with van der Waals surface area (Å²) in [7, 11) is 0.495. The van der Waals surface area contributed by atoms with E-state index in [0.717, 1.165) is 0 Å². The molecule has 0 aliphatic carbocycles. The second kappa shape index (κ2) is 6.80. The molecular weight excluding hydrogens is 200 g/mol. The van der Waals surface area contributed by atoms with Crippen LogP contribution in [0.1, 0.15) is 39.2 Å². The molecule has 0 amide bonds. The van der Waals surface area contributed by atoms with E-state index in [1.807, 2.05) is 0 Å². The number of unbranched alkanes of at least 4 members (excludes halogenated alkanes) is 1. The maximum Gasteiger partial charge on any atom is 0.269 e. The lowest BCUT2D eigenvalue weighted by Gasteiger charge is -2.10. The molecule has 0 saturated heterocycles. The van der Waals surface area contributed by atoms with Gasteiger partial charge in [-0.2, -0.15) is 0 Å². The molecule has 0 saturated carbocycles. The number of benzene rings is 1. The van der Waals surface area contributed by atoms with E-state index in [2.05, 4.69) is 45.0 Å². The summed E-state index contributed by atoms with van der Waals surface area (Å²) in [4.78, 5) is 0. The molecule has 0 heterocycles. The van der Waals surface area contributed by atoms with Crippen molar-refractivity contribution in [1.82, 2.24) is 0 Å². The van der Waals surface area contributed by atoms with Gasteiger partial charge in [0.2, 0.25) is 0 Å². The van der Waals surface area contributed by atoms with Gasteiger partial charge in [0.25, 0.3) is 9.76 Å². The SMILES string of the molecule is CCCCc1ccccc1[Si]OC(C)C. The Bertz CT molecular complexity index is 284. The predicted molar refractivity (Wildman–Crippen MR) is 66.7 cm³/mol. The predicted octanol–water partition coefficient (Wildman–Crippen LogP) is 2.70. The van der Waals surface area contributed by atoms with Crippen LogP contribution in [0.5, 0.6) is 0 Å². The van der Waals surface area contributed by atoms with E-state index in [1.165, 1.54) is 30.0 Å². The molecule has 0 unspecified atom stereocenters. The largest absolute Gasteiger partial charge is 0.409 e. The van der Waals surface area contributed by atoms with Crippen molar-refractivity contribution in [3.63, 3.8) is 0 Å². The summed E-state index contributed by atoms with van der Waals surface area (Å²) in [5, 5.41) is 1.37. The van der Waals surface area contributed by atoms with Gasteiger partial charge in [0.1, 0.15) is 0 Å². The molecule has 1 rings (SSSR count). The zero-order valence-electron chi connectivity index (χ0n) is 9.92. The van der Waals surface area contributed by atoms with E-state index in [9.17, 15) is 0 Å². The summed E-state index contributed by atoms with van der Waals surface area (Å²) in [5.74, 6) is 0. The Hall–Kier alpha value is -0.603. The summed E-state index contributed by atoms with van der Waals surface area (Å²) in [6.45, 7) is 6.40. The van der Waals surface area contributed by atoms with Crippen LogP contribution in [0.2, 0.25) is 0 Å². The third-order valence-corrected chi connectivity index (χ3v) is 3.52. The maximum atomic E-state index is 5.68. The Morgan fingerprint density at radius 2 is 2.00 bits per heavy atom. The normalized spacial score (nSPS) is 10.9. The first-order valence-electron chi connectivity index (χ1n) is 5.73. The topological polar surface area (TPSA) is 9.23 Å². The van der Waals surface area contributed by atoms with E-state index in [0.29, 0.717) is 15.9 Å². The van der Waals surface area contributed by atoms with Crippen LogP contribution in [0, 0.1) is 0 Å². The van der Waals surface area contributed by atoms with Gasteiger partial charge in [-0.25, -0.2) is 0 Å². The van der Waals surface area contributed by atoms with Gasteiger partial charge in [0.15, 0.2) is 0 Å². The van der Waals surface area contributed by atoms with E-state index in [4.69, 9.17) is 4.43 Å². The lowest BCUT2D eigenvalue weighted by molar-refractivity contribution is 0.260. The molecule has 2 radical (unpaired) electrons. The zero-order valence-corrected chi connectivity index (χ0v) is 10.9. The standard InChI is InChI=1S/C13H20OSi/c1-4-5-8-12-9-6-7-10-13(12)15-14-11(2)3/h6-7,9-11H,4-5,8H2,1-3H3. The molecule has 0 aliphatic heterocycles. The summed E-state index contributed by atoms with van der Waals surface area (Å²) in [5.41, 5.74) is 1.46. The number of aryl methyl sites for hydroxylation is 1. The molecule has 0 fully saturated rings. The lowest BCUT2D eigenvalue weighted by atomic mass is 10.1. The highest BCUT2D eigenvalue weighted by atomic mass is 28.2. The fourth-order valence-corrected chi connectivity index (χ4v) is 2.25. The lowest BCUT2D eigenvalue weighted by Crippen LogP contribution is -2.24. The summed E-state index contributed by atoms with van der Waals surface area (Å²) in [6.07, 6.45) is 4.02. The van der Waals surface area contributed by atoms with Crippen LogP contribution >= 0.6 is 0 Å². The quantitative estimate of drug-likeness (QED) is 0.670. The molecule has 0 atom stereocenters. The summed E-state index contributed by atoms with van der Waals surface area (Å²) < 4.78 is 5.68. The molecule has 0 aliphatic rings.